The summed E-state index contributed by atoms with van der Waals surface area (Å²) in [6, 6.07) is 11.2. The number of fused-ring (bicyclic) bond motifs is 1. The van der Waals surface area contributed by atoms with Crippen molar-refractivity contribution in [2.75, 3.05) is 0 Å². The van der Waals surface area contributed by atoms with Gasteiger partial charge in [0, 0.05) is 16.5 Å². The van der Waals surface area contributed by atoms with Gasteiger partial charge in [0.15, 0.2) is 0 Å². The van der Waals surface area contributed by atoms with E-state index in [4.69, 9.17) is 4.42 Å². The molecule has 0 atom stereocenters. The number of nitrogens with zero attached hydrogens (tertiary/aromatic N) is 3. The van der Waals surface area contributed by atoms with Crippen LogP contribution in [-0.2, 0) is 12.0 Å². The summed E-state index contributed by atoms with van der Waals surface area (Å²) in [6.07, 6.45) is 3.24. The molecule has 4 aromatic rings. The lowest BCUT2D eigenvalue weighted by molar-refractivity contribution is 0.281. The van der Waals surface area contributed by atoms with Crippen molar-refractivity contribution in [2.45, 2.75) is 39.7 Å². The molecular weight excluding hydrogens is 366 g/mol. The minimum atomic E-state index is -0.276. The fourth-order valence-corrected chi connectivity index (χ4v) is 3.41. The monoisotopic (exact) mass is 389 g/mol. The van der Waals surface area contributed by atoms with Gasteiger partial charge in [0.2, 0.25) is 5.89 Å². The van der Waals surface area contributed by atoms with Gasteiger partial charge in [0.05, 0.1) is 29.6 Å². The maximum atomic E-state index is 13.2. The highest BCUT2D eigenvalue weighted by Gasteiger charge is 2.18. The summed E-state index contributed by atoms with van der Waals surface area (Å²) in [5.74, 6) is 0.400. The second-order valence-electron chi connectivity index (χ2n) is 8.17. The Kier molecular flexibility index (Phi) is 4.59. The van der Waals surface area contributed by atoms with Crippen LogP contribution in [0.2, 0.25) is 0 Å². The molecule has 0 saturated carbocycles. The van der Waals surface area contributed by atoms with Crippen LogP contribution in [-0.4, -0.2) is 19.9 Å². The number of hydrogen-bond acceptors (Lipinski definition) is 5. The summed E-state index contributed by atoms with van der Waals surface area (Å²) in [6.45, 7) is 7.95. The first-order valence-corrected chi connectivity index (χ1v) is 9.48. The van der Waals surface area contributed by atoms with E-state index in [2.05, 4.69) is 30.9 Å². The smallest absolute Gasteiger partial charge is 0.279 e. The lowest BCUT2D eigenvalue weighted by atomic mass is 9.86. The van der Waals surface area contributed by atoms with Gasteiger partial charge in [-0.2, -0.15) is 9.78 Å². The number of rotatable bonds is 3. The largest absolute Gasteiger partial charge is 0.444 e. The Morgan fingerprint density at radius 1 is 1.17 bits per heavy atom. The molecule has 148 valence electrons. The van der Waals surface area contributed by atoms with Crippen LogP contribution in [0.5, 0.6) is 0 Å². The van der Waals surface area contributed by atoms with Crippen molar-refractivity contribution >= 4 is 10.8 Å². The molecule has 0 aliphatic heterocycles. The van der Waals surface area contributed by atoms with Crippen molar-refractivity contribution in [2.24, 2.45) is 0 Å². The zero-order valence-electron chi connectivity index (χ0n) is 16.9. The Bertz CT molecular complexity index is 1260. The number of aliphatic hydroxyl groups excluding tert-OH is 1. The van der Waals surface area contributed by atoms with Crippen LogP contribution in [0.1, 0.15) is 37.6 Å². The van der Waals surface area contributed by atoms with E-state index in [0.717, 1.165) is 16.6 Å². The normalized spacial score (nSPS) is 11.9. The zero-order chi connectivity index (χ0) is 20.8. The van der Waals surface area contributed by atoms with Crippen molar-refractivity contribution in [3.05, 3.63) is 76.0 Å². The van der Waals surface area contributed by atoms with Crippen molar-refractivity contribution in [3.8, 4) is 17.1 Å². The molecule has 6 nitrogen and oxygen atoms in total. The summed E-state index contributed by atoms with van der Waals surface area (Å²) >= 11 is 0. The first-order valence-electron chi connectivity index (χ1n) is 9.48. The summed E-state index contributed by atoms with van der Waals surface area (Å²) in [7, 11) is 0. The molecule has 4 rings (SSSR count). The summed E-state index contributed by atoms with van der Waals surface area (Å²) in [4.78, 5) is 17.5. The molecule has 2 aromatic carbocycles. The van der Waals surface area contributed by atoms with E-state index in [-0.39, 0.29) is 17.6 Å². The molecule has 0 amide bonds. The van der Waals surface area contributed by atoms with Crippen molar-refractivity contribution in [3.63, 3.8) is 0 Å². The van der Waals surface area contributed by atoms with E-state index in [1.54, 1.807) is 24.6 Å². The van der Waals surface area contributed by atoms with Crippen LogP contribution in [0, 0.1) is 6.92 Å². The standard InChI is InChI=1S/C23H23N3O3/c1-14-13-29-21(25-14)18-6-5-7-20(19(18)12-27)26-22(28)17-9-8-16(23(2,3)4)10-15(17)11-24-26/h5-11,13,27H,12H2,1-4H3. The highest BCUT2D eigenvalue weighted by atomic mass is 16.3. The summed E-state index contributed by atoms with van der Waals surface area (Å²) in [5.41, 5.74) is 3.30. The lowest BCUT2D eigenvalue weighted by Gasteiger charge is -2.19. The molecule has 0 unspecified atom stereocenters. The van der Waals surface area contributed by atoms with Crippen molar-refractivity contribution in [1.29, 1.82) is 0 Å². The van der Waals surface area contributed by atoms with Gasteiger partial charge in [-0.25, -0.2) is 4.98 Å². The van der Waals surface area contributed by atoms with E-state index < -0.39 is 0 Å². The fourth-order valence-electron chi connectivity index (χ4n) is 3.41. The third-order valence-corrected chi connectivity index (χ3v) is 5.04. The van der Waals surface area contributed by atoms with Crippen LogP contribution in [0.15, 0.2) is 58.1 Å². The van der Waals surface area contributed by atoms with E-state index in [9.17, 15) is 9.90 Å². The maximum Gasteiger partial charge on any atom is 0.279 e. The Morgan fingerprint density at radius 2 is 1.97 bits per heavy atom. The third kappa shape index (κ3) is 3.36. The van der Waals surface area contributed by atoms with Gasteiger partial charge in [0.25, 0.3) is 5.56 Å². The minimum Gasteiger partial charge on any atom is -0.444 e. The van der Waals surface area contributed by atoms with Crippen LogP contribution in [0.4, 0.5) is 0 Å². The van der Waals surface area contributed by atoms with Crippen LogP contribution >= 0.6 is 0 Å². The highest BCUT2D eigenvalue weighted by molar-refractivity contribution is 5.82. The number of benzene rings is 2. The Morgan fingerprint density at radius 3 is 2.62 bits per heavy atom. The predicted molar refractivity (Wildman–Crippen MR) is 112 cm³/mol. The quantitative estimate of drug-likeness (QED) is 0.570. The van der Waals surface area contributed by atoms with Crippen LogP contribution in [0.3, 0.4) is 0 Å². The molecule has 0 aliphatic carbocycles. The van der Waals surface area contributed by atoms with Crippen LogP contribution < -0.4 is 5.56 Å². The van der Waals surface area contributed by atoms with Crippen molar-refractivity contribution < 1.29 is 9.52 Å². The average molecular weight is 389 g/mol. The first kappa shape index (κ1) is 19.1. The number of oxazole rings is 1. The summed E-state index contributed by atoms with van der Waals surface area (Å²) in [5, 5.41) is 15.8. The van der Waals surface area contributed by atoms with Gasteiger partial charge in [-0.05, 0) is 42.2 Å². The lowest BCUT2D eigenvalue weighted by Crippen LogP contribution is -2.23. The molecule has 1 N–H and O–H groups in total. The van der Waals surface area contributed by atoms with Gasteiger partial charge in [-0.15, -0.1) is 0 Å². The van der Waals surface area contributed by atoms with E-state index in [0.29, 0.717) is 28.1 Å². The topological polar surface area (TPSA) is 81.2 Å². The molecule has 0 spiro atoms. The molecule has 29 heavy (non-hydrogen) atoms. The van der Waals surface area contributed by atoms with Crippen molar-refractivity contribution in [1.82, 2.24) is 14.8 Å². The van der Waals surface area contributed by atoms with Gasteiger partial charge < -0.3 is 9.52 Å². The molecular formula is C23H23N3O3. The van der Waals surface area contributed by atoms with E-state index in [1.165, 1.54) is 4.68 Å². The average Bonchev–Trinajstić information content (AvgIpc) is 3.13. The first-order chi connectivity index (χ1) is 13.8. The van der Waals surface area contributed by atoms with Gasteiger partial charge in [0.1, 0.15) is 6.26 Å². The van der Waals surface area contributed by atoms with Gasteiger partial charge in [-0.3, -0.25) is 4.79 Å². The Balaban J connectivity index is 1.91. The summed E-state index contributed by atoms with van der Waals surface area (Å²) < 4.78 is 6.82. The number of aromatic nitrogens is 3. The molecule has 0 bridgehead atoms. The molecule has 0 fully saturated rings. The SMILES string of the molecule is Cc1coc(-c2cccc(-n3ncc4cc(C(C)(C)C)ccc4c3=O)c2CO)n1. The molecule has 0 radical (unpaired) electrons. The molecule has 6 heteroatoms. The van der Waals surface area contributed by atoms with Gasteiger partial charge >= 0.3 is 0 Å². The molecule has 2 heterocycles. The molecule has 0 saturated heterocycles. The molecule has 2 aromatic heterocycles. The van der Waals surface area contributed by atoms with E-state index >= 15 is 0 Å². The predicted octanol–water partition coefficient (Wildman–Crippen LogP) is 4.14. The Hall–Kier alpha value is -3.25. The number of aliphatic hydroxyl groups is 1. The van der Waals surface area contributed by atoms with Gasteiger partial charge in [-0.1, -0.05) is 32.9 Å². The second-order valence-corrected chi connectivity index (χ2v) is 8.17. The molecule has 0 aliphatic rings. The number of aryl methyl sites for hydroxylation is 1. The maximum absolute atomic E-state index is 13.2. The van der Waals surface area contributed by atoms with E-state index in [1.807, 2.05) is 31.2 Å². The minimum absolute atomic E-state index is 0.0182. The third-order valence-electron chi connectivity index (χ3n) is 5.04. The Labute approximate surface area is 168 Å². The highest BCUT2D eigenvalue weighted by Crippen LogP contribution is 2.28. The fraction of sp³-hybridized carbons (Fsp3) is 0.261. The zero-order valence-corrected chi connectivity index (χ0v) is 16.9. The van der Waals surface area contributed by atoms with Crippen LogP contribution in [0.25, 0.3) is 27.9 Å². The second kappa shape index (κ2) is 6.97. The number of hydrogen-bond donors (Lipinski definition) is 1.